The lowest BCUT2D eigenvalue weighted by atomic mass is 9.97. The summed E-state index contributed by atoms with van der Waals surface area (Å²) in [5.74, 6) is 0.539. The van der Waals surface area contributed by atoms with Crippen LogP contribution >= 0.6 is 0 Å². The second-order valence-corrected chi connectivity index (χ2v) is 8.50. The van der Waals surface area contributed by atoms with Crippen molar-refractivity contribution in [3.63, 3.8) is 0 Å². The van der Waals surface area contributed by atoms with Gasteiger partial charge in [-0.2, -0.15) is 0 Å². The summed E-state index contributed by atoms with van der Waals surface area (Å²) in [6, 6.07) is 21.0. The highest BCUT2D eigenvalue weighted by Crippen LogP contribution is 2.32. The van der Waals surface area contributed by atoms with E-state index in [1.54, 1.807) is 24.5 Å². The molecule has 6 heteroatoms. The van der Waals surface area contributed by atoms with Gasteiger partial charge in [0.15, 0.2) is 0 Å². The van der Waals surface area contributed by atoms with Crippen molar-refractivity contribution in [2.45, 2.75) is 43.7 Å². The average Bonchev–Trinajstić information content (AvgIpc) is 3.14. The Morgan fingerprint density at radius 3 is 2.59 bits per heavy atom. The van der Waals surface area contributed by atoms with E-state index >= 15 is 0 Å². The van der Waals surface area contributed by atoms with Gasteiger partial charge in [0.2, 0.25) is 0 Å². The Morgan fingerprint density at radius 1 is 1.03 bits per heavy atom. The topological polar surface area (TPSA) is 74.7 Å². The molecule has 1 amide bonds. The molecule has 164 valence electrons. The Balaban J connectivity index is 1.39. The first-order chi connectivity index (χ1) is 15.7. The number of amides is 1. The molecule has 2 heterocycles. The zero-order valence-electron chi connectivity index (χ0n) is 17.8. The van der Waals surface area contributed by atoms with Crippen LogP contribution in [-0.4, -0.2) is 51.7 Å². The first-order valence-corrected chi connectivity index (χ1v) is 11.1. The number of rotatable bonds is 5. The van der Waals surface area contributed by atoms with Crippen molar-refractivity contribution in [2.75, 3.05) is 6.54 Å². The van der Waals surface area contributed by atoms with E-state index in [2.05, 4.69) is 39.5 Å². The summed E-state index contributed by atoms with van der Waals surface area (Å²) in [5, 5.41) is 14.5. The maximum atomic E-state index is 12.9. The van der Waals surface area contributed by atoms with Gasteiger partial charge in [0, 0.05) is 31.9 Å². The van der Waals surface area contributed by atoms with Gasteiger partial charge in [-0.05, 0) is 41.8 Å². The number of carbonyl (C=O) groups excluding carboxylic acids is 1. The van der Waals surface area contributed by atoms with Gasteiger partial charge in [-0.25, -0.2) is 0 Å². The van der Waals surface area contributed by atoms with Crippen molar-refractivity contribution in [3.8, 4) is 5.75 Å². The van der Waals surface area contributed by atoms with Crippen LogP contribution in [0, 0.1) is 0 Å². The summed E-state index contributed by atoms with van der Waals surface area (Å²) in [4.78, 5) is 19.2. The second kappa shape index (κ2) is 9.10. The predicted molar refractivity (Wildman–Crippen MR) is 121 cm³/mol. The molecule has 4 atom stereocenters. The van der Waals surface area contributed by atoms with Gasteiger partial charge in [0.1, 0.15) is 18.0 Å². The zero-order chi connectivity index (χ0) is 21.9. The first kappa shape index (κ1) is 20.7. The minimum absolute atomic E-state index is 0.182. The summed E-state index contributed by atoms with van der Waals surface area (Å²) in [7, 11) is 0. The minimum Gasteiger partial charge on any atom is -0.488 e. The summed E-state index contributed by atoms with van der Waals surface area (Å²) < 4.78 is 6.16. The highest BCUT2D eigenvalue weighted by atomic mass is 16.5. The molecule has 1 aliphatic heterocycles. The van der Waals surface area contributed by atoms with E-state index in [4.69, 9.17) is 4.74 Å². The molecular formula is C26H27N3O3. The van der Waals surface area contributed by atoms with Gasteiger partial charge < -0.3 is 15.2 Å². The Labute approximate surface area is 187 Å². The normalized spacial score (nSPS) is 25.2. The fourth-order valence-corrected chi connectivity index (χ4v) is 4.91. The SMILES string of the molecule is O=C(N[C@@H]1C[C@@H](Oc2ccccc2)[C@H](O)[C@H]1N1CCc2ccccc2C1)c1cccnc1. The number of hydrogen-bond donors (Lipinski definition) is 2. The minimum atomic E-state index is -0.723. The van der Waals surface area contributed by atoms with Crippen LogP contribution in [0.3, 0.4) is 0 Å². The van der Waals surface area contributed by atoms with Gasteiger partial charge in [-0.15, -0.1) is 0 Å². The van der Waals surface area contributed by atoms with Crippen molar-refractivity contribution in [1.82, 2.24) is 15.2 Å². The number of fused-ring (bicyclic) bond motifs is 1. The Morgan fingerprint density at radius 2 is 1.81 bits per heavy atom. The first-order valence-electron chi connectivity index (χ1n) is 11.1. The van der Waals surface area contributed by atoms with Crippen LogP contribution in [0.2, 0.25) is 0 Å². The fourth-order valence-electron chi connectivity index (χ4n) is 4.91. The van der Waals surface area contributed by atoms with Crippen molar-refractivity contribution in [1.29, 1.82) is 0 Å². The average molecular weight is 430 g/mol. The number of ether oxygens (including phenoxy) is 1. The molecule has 3 aromatic rings. The highest BCUT2D eigenvalue weighted by Gasteiger charge is 2.48. The standard InChI is InChI=1S/C26H27N3O3/c30-25-23(32-21-10-2-1-3-11-21)15-22(28-26(31)19-9-6-13-27-16-19)24(25)29-14-12-18-7-4-5-8-20(18)17-29/h1-11,13,16,22-25,30H,12,14-15,17H2,(H,28,31)/t22-,23-,24+,25+/m1/s1. The van der Waals surface area contributed by atoms with Crippen LogP contribution in [0.5, 0.6) is 5.75 Å². The number of para-hydroxylation sites is 1. The van der Waals surface area contributed by atoms with Crippen LogP contribution in [0.25, 0.3) is 0 Å². The van der Waals surface area contributed by atoms with Crippen molar-refractivity contribution in [2.24, 2.45) is 0 Å². The maximum Gasteiger partial charge on any atom is 0.253 e. The van der Waals surface area contributed by atoms with E-state index in [0.29, 0.717) is 12.0 Å². The maximum absolute atomic E-state index is 12.9. The molecule has 32 heavy (non-hydrogen) atoms. The highest BCUT2D eigenvalue weighted by molar-refractivity contribution is 5.94. The third-order valence-corrected chi connectivity index (χ3v) is 6.48. The van der Waals surface area contributed by atoms with Crippen LogP contribution in [0.15, 0.2) is 79.1 Å². The van der Waals surface area contributed by atoms with Gasteiger partial charge in [-0.1, -0.05) is 42.5 Å². The molecular weight excluding hydrogens is 402 g/mol. The molecule has 2 aliphatic rings. The number of benzene rings is 2. The number of nitrogens with one attached hydrogen (secondary N) is 1. The monoisotopic (exact) mass is 429 g/mol. The molecule has 0 saturated heterocycles. The lowest BCUT2D eigenvalue weighted by Crippen LogP contribution is -2.54. The molecule has 0 spiro atoms. The van der Waals surface area contributed by atoms with E-state index < -0.39 is 12.2 Å². The molecule has 6 nitrogen and oxygen atoms in total. The van der Waals surface area contributed by atoms with Crippen LogP contribution in [0.1, 0.15) is 27.9 Å². The molecule has 2 N–H and O–H groups in total. The van der Waals surface area contributed by atoms with E-state index in [-0.39, 0.29) is 18.0 Å². The molecule has 1 aromatic heterocycles. The Kier molecular flexibility index (Phi) is 5.88. The lowest BCUT2D eigenvalue weighted by molar-refractivity contribution is 0.00259. The van der Waals surface area contributed by atoms with E-state index in [1.165, 1.54) is 11.1 Å². The van der Waals surface area contributed by atoms with Gasteiger partial charge in [-0.3, -0.25) is 14.7 Å². The van der Waals surface area contributed by atoms with Crippen molar-refractivity contribution >= 4 is 5.91 Å². The van der Waals surface area contributed by atoms with Crippen LogP contribution < -0.4 is 10.1 Å². The lowest BCUT2D eigenvalue weighted by Gasteiger charge is -2.38. The number of nitrogens with zero attached hydrogens (tertiary/aromatic N) is 2. The molecule has 1 aliphatic carbocycles. The summed E-state index contributed by atoms with van der Waals surface area (Å²) in [6.45, 7) is 1.57. The quantitative estimate of drug-likeness (QED) is 0.653. The molecule has 2 aromatic carbocycles. The predicted octanol–water partition coefficient (Wildman–Crippen LogP) is 2.82. The van der Waals surface area contributed by atoms with Crippen LogP contribution in [-0.2, 0) is 13.0 Å². The summed E-state index contributed by atoms with van der Waals surface area (Å²) >= 11 is 0. The zero-order valence-corrected chi connectivity index (χ0v) is 17.8. The van der Waals surface area contributed by atoms with Gasteiger partial charge >= 0.3 is 0 Å². The number of aliphatic hydroxyl groups excluding tert-OH is 1. The third kappa shape index (κ3) is 4.24. The number of pyridine rings is 1. The van der Waals surface area contributed by atoms with Crippen molar-refractivity contribution < 1.29 is 14.6 Å². The number of hydrogen-bond acceptors (Lipinski definition) is 5. The number of aliphatic hydroxyl groups is 1. The molecule has 1 saturated carbocycles. The van der Waals surface area contributed by atoms with Crippen molar-refractivity contribution in [3.05, 3.63) is 95.8 Å². The molecule has 1 fully saturated rings. The smallest absolute Gasteiger partial charge is 0.253 e. The summed E-state index contributed by atoms with van der Waals surface area (Å²) in [6.07, 6.45) is 3.54. The third-order valence-electron chi connectivity index (χ3n) is 6.48. The second-order valence-electron chi connectivity index (χ2n) is 8.50. The van der Waals surface area contributed by atoms with Gasteiger partial charge in [0.05, 0.1) is 17.6 Å². The molecule has 0 radical (unpaired) electrons. The Hall–Kier alpha value is -3.22. The Bertz CT molecular complexity index is 1060. The van der Waals surface area contributed by atoms with Gasteiger partial charge in [0.25, 0.3) is 5.91 Å². The van der Waals surface area contributed by atoms with E-state index in [9.17, 15) is 9.90 Å². The van der Waals surface area contributed by atoms with E-state index in [0.717, 1.165) is 25.3 Å². The van der Waals surface area contributed by atoms with E-state index in [1.807, 2.05) is 30.3 Å². The molecule has 0 bridgehead atoms. The number of aromatic nitrogens is 1. The largest absolute Gasteiger partial charge is 0.488 e. The molecule has 5 rings (SSSR count). The van der Waals surface area contributed by atoms with Crippen LogP contribution in [0.4, 0.5) is 0 Å². The molecule has 0 unspecified atom stereocenters. The number of carbonyl (C=O) groups is 1. The fraction of sp³-hybridized carbons (Fsp3) is 0.308. The summed E-state index contributed by atoms with van der Waals surface area (Å²) in [5.41, 5.74) is 3.14.